The molecular weight excluding hydrogens is 212 g/mol. The molecule has 1 amide bonds. The van der Waals surface area contributed by atoms with Crippen molar-refractivity contribution in [1.82, 2.24) is 5.43 Å². The average molecular weight is 224 g/mol. The topological polar surface area (TPSA) is 50.7 Å². The van der Waals surface area contributed by atoms with E-state index >= 15 is 0 Å². The Balaban J connectivity index is 1.80. The summed E-state index contributed by atoms with van der Waals surface area (Å²) in [5, 5.41) is 5.83. The SMILES string of the molecule is O=C(N/N=C/c1cccs1)[C@H]1CCCO1. The molecule has 1 N–H and O–H groups in total. The fourth-order valence-electron chi connectivity index (χ4n) is 1.38. The molecule has 80 valence electrons. The van der Waals surface area contributed by atoms with Crippen molar-refractivity contribution in [3.05, 3.63) is 22.4 Å². The monoisotopic (exact) mass is 224 g/mol. The standard InChI is InChI=1S/C10H12N2O2S/c13-10(9-4-1-5-14-9)12-11-7-8-3-2-6-15-8/h2-3,6-7,9H,1,4-5H2,(H,12,13)/b11-7+/t9-/m1/s1. The minimum Gasteiger partial charge on any atom is -0.368 e. The van der Waals surface area contributed by atoms with Gasteiger partial charge in [0.25, 0.3) is 5.91 Å². The van der Waals surface area contributed by atoms with Gasteiger partial charge >= 0.3 is 0 Å². The highest BCUT2D eigenvalue weighted by Crippen LogP contribution is 2.11. The first-order valence-corrected chi connectivity index (χ1v) is 5.72. The predicted molar refractivity (Wildman–Crippen MR) is 59.0 cm³/mol. The number of nitrogens with zero attached hydrogens (tertiary/aromatic N) is 1. The zero-order valence-electron chi connectivity index (χ0n) is 8.18. The van der Waals surface area contributed by atoms with Crippen LogP contribution in [0.5, 0.6) is 0 Å². The van der Waals surface area contributed by atoms with Gasteiger partial charge in [-0.1, -0.05) is 6.07 Å². The van der Waals surface area contributed by atoms with Crippen LogP contribution in [0.15, 0.2) is 22.6 Å². The van der Waals surface area contributed by atoms with Crippen molar-refractivity contribution in [3.8, 4) is 0 Å². The Morgan fingerprint density at radius 1 is 1.73 bits per heavy atom. The van der Waals surface area contributed by atoms with Gasteiger partial charge in [0, 0.05) is 11.5 Å². The van der Waals surface area contributed by atoms with E-state index in [0.717, 1.165) is 17.7 Å². The minimum atomic E-state index is -0.314. The summed E-state index contributed by atoms with van der Waals surface area (Å²) in [6.07, 6.45) is 3.07. The molecule has 0 bridgehead atoms. The maximum Gasteiger partial charge on any atom is 0.269 e. The van der Waals surface area contributed by atoms with Gasteiger partial charge in [0.2, 0.25) is 0 Å². The lowest BCUT2D eigenvalue weighted by atomic mass is 10.2. The number of rotatable bonds is 3. The van der Waals surface area contributed by atoms with Gasteiger partial charge in [-0.2, -0.15) is 5.10 Å². The highest BCUT2D eigenvalue weighted by molar-refractivity contribution is 7.11. The summed E-state index contributed by atoms with van der Waals surface area (Å²) in [4.78, 5) is 12.4. The molecule has 0 aromatic carbocycles. The van der Waals surface area contributed by atoms with Gasteiger partial charge < -0.3 is 4.74 Å². The zero-order valence-corrected chi connectivity index (χ0v) is 9.00. The van der Waals surface area contributed by atoms with Crippen LogP contribution in [-0.2, 0) is 9.53 Å². The van der Waals surface area contributed by atoms with Crippen LogP contribution in [0.4, 0.5) is 0 Å². The first-order chi connectivity index (χ1) is 7.36. The molecule has 1 aromatic heterocycles. The van der Waals surface area contributed by atoms with E-state index in [-0.39, 0.29) is 12.0 Å². The van der Waals surface area contributed by atoms with Crippen LogP contribution in [0, 0.1) is 0 Å². The Morgan fingerprint density at radius 2 is 2.67 bits per heavy atom. The van der Waals surface area contributed by atoms with Crippen LogP contribution in [0.25, 0.3) is 0 Å². The highest BCUT2D eigenvalue weighted by atomic mass is 32.1. The number of ether oxygens (including phenoxy) is 1. The van der Waals surface area contributed by atoms with Crippen molar-refractivity contribution in [3.63, 3.8) is 0 Å². The van der Waals surface area contributed by atoms with Crippen LogP contribution >= 0.6 is 11.3 Å². The number of hydrazone groups is 1. The fraction of sp³-hybridized carbons (Fsp3) is 0.400. The van der Waals surface area contributed by atoms with E-state index < -0.39 is 0 Å². The van der Waals surface area contributed by atoms with Crippen LogP contribution in [-0.4, -0.2) is 24.8 Å². The van der Waals surface area contributed by atoms with Gasteiger partial charge in [-0.25, -0.2) is 5.43 Å². The zero-order chi connectivity index (χ0) is 10.5. The fourth-order valence-corrected chi connectivity index (χ4v) is 1.97. The smallest absolute Gasteiger partial charge is 0.269 e. The summed E-state index contributed by atoms with van der Waals surface area (Å²) in [7, 11) is 0. The molecular formula is C10H12N2O2S. The number of thiophene rings is 1. The third kappa shape index (κ3) is 2.87. The van der Waals surface area contributed by atoms with E-state index in [0.29, 0.717) is 6.61 Å². The molecule has 1 aliphatic heterocycles. The summed E-state index contributed by atoms with van der Waals surface area (Å²) in [6.45, 7) is 0.673. The molecule has 1 atom stereocenters. The molecule has 0 spiro atoms. The van der Waals surface area contributed by atoms with E-state index in [9.17, 15) is 4.79 Å². The molecule has 0 radical (unpaired) electrons. The quantitative estimate of drug-likeness (QED) is 0.623. The number of amides is 1. The van der Waals surface area contributed by atoms with Gasteiger partial charge in [0.15, 0.2) is 0 Å². The molecule has 0 saturated carbocycles. The molecule has 1 saturated heterocycles. The Bertz CT molecular complexity index is 342. The summed E-state index contributed by atoms with van der Waals surface area (Å²) in [5.41, 5.74) is 2.48. The Kier molecular flexibility index (Phi) is 3.47. The Labute approximate surface area is 91.9 Å². The van der Waals surface area contributed by atoms with E-state index in [2.05, 4.69) is 10.5 Å². The van der Waals surface area contributed by atoms with Crippen LogP contribution in [0.3, 0.4) is 0 Å². The molecule has 1 fully saturated rings. The van der Waals surface area contributed by atoms with Crippen LogP contribution < -0.4 is 5.43 Å². The second-order valence-electron chi connectivity index (χ2n) is 3.25. The van der Waals surface area contributed by atoms with Crippen LogP contribution in [0.1, 0.15) is 17.7 Å². The Morgan fingerprint density at radius 3 is 3.33 bits per heavy atom. The summed E-state index contributed by atoms with van der Waals surface area (Å²) >= 11 is 1.57. The number of carbonyl (C=O) groups excluding carboxylic acids is 1. The number of nitrogens with one attached hydrogen (secondary N) is 1. The summed E-state index contributed by atoms with van der Waals surface area (Å²) in [6, 6.07) is 3.88. The van der Waals surface area contributed by atoms with Crippen molar-refractivity contribution in [2.24, 2.45) is 5.10 Å². The molecule has 1 aliphatic rings. The first-order valence-electron chi connectivity index (χ1n) is 4.84. The summed E-state index contributed by atoms with van der Waals surface area (Å²) < 4.78 is 5.22. The molecule has 0 unspecified atom stereocenters. The van der Waals surface area contributed by atoms with Crippen molar-refractivity contribution in [1.29, 1.82) is 0 Å². The van der Waals surface area contributed by atoms with E-state index in [4.69, 9.17) is 4.74 Å². The van der Waals surface area contributed by atoms with Gasteiger partial charge in [0.1, 0.15) is 6.10 Å². The lowest BCUT2D eigenvalue weighted by Crippen LogP contribution is -2.30. The molecule has 1 aromatic rings. The van der Waals surface area contributed by atoms with Gasteiger partial charge in [-0.05, 0) is 24.3 Å². The minimum absolute atomic E-state index is 0.152. The second kappa shape index (κ2) is 5.04. The van der Waals surface area contributed by atoms with Crippen molar-refractivity contribution in [2.45, 2.75) is 18.9 Å². The Hall–Kier alpha value is -1.20. The van der Waals surface area contributed by atoms with Crippen molar-refractivity contribution >= 4 is 23.5 Å². The number of carbonyl (C=O) groups is 1. The highest BCUT2D eigenvalue weighted by Gasteiger charge is 2.22. The van der Waals surface area contributed by atoms with Crippen LogP contribution in [0.2, 0.25) is 0 Å². The number of hydrogen-bond donors (Lipinski definition) is 1. The normalized spacial score (nSPS) is 20.9. The lowest BCUT2D eigenvalue weighted by Gasteiger charge is -2.05. The molecule has 5 heteroatoms. The molecule has 2 heterocycles. The lowest BCUT2D eigenvalue weighted by molar-refractivity contribution is -0.130. The van der Waals surface area contributed by atoms with Gasteiger partial charge in [0.05, 0.1) is 6.21 Å². The van der Waals surface area contributed by atoms with Crippen molar-refractivity contribution in [2.75, 3.05) is 6.61 Å². The van der Waals surface area contributed by atoms with Gasteiger partial charge in [-0.15, -0.1) is 11.3 Å². The predicted octanol–water partition coefficient (Wildman–Crippen LogP) is 1.38. The molecule has 2 rings (SSSR count). The molecule has 4 nitrogen and oxygen atoms in total. The first kappa shape index (κ1) is 10.3. The third-order valence-corrected chi connectivity index (χ3v) is 2.94. The largest absolute Gasteiger partial charge is 0.368 e. The van der Waals surface area contributed by atoms with E-state index in [1.165, 1.54) is 0 Å². The maximum atomic E-state index is 11.4. The average Bonchev–Trinajstić information content (AvgIpc) is 2.90. The van der Waals surface area contributed by atoms with Crippen molar-refractivity contribution < 1.29 is 9.53 Å². The maximum absolute atomic E-state index is 11.4. The molecule has 0 aliphatic carbocycles. The summed E-state index contributed by atoms with van der Waals surface area (Å²) in [5.74, 6) is -0.152. The number of hydrogen-bond acceptors (Lipinski definition) is 4. The molecule has 15 heavy (non-hydrogen) atoms. The van der Waals surface area contributed by atoms with E-state index in [1.807, 2.05) is 17.5 Å². The second-order valence-corrected chi connectivity index (χ2v) is 4.23. The van der Waals surface area contributed by atoms with Gasteiger partial charge in [-0.3, -0.25) is 4.79 Å². The third-order valence-electron chi connectivity index (χ3n) is 2.13. The van der Waals surface area contributed by atoms with E-state index in [1.54, 1.807) is 17.6 Å².